The molecule has 0 aromatic heterocycles. The zero-order valence-electron chi connectivity index (χ0n) is 11.9. The smallest absolute Gasteiger partial charge is 0.406 e. The number of hydrogen-bond acceptors (Lipinski definition) is 9. The van der Waals surface area contributed by atoms with Crippen LogP contribution in [0.4, 0.5) is 9.59 Å². The van der Waals surface area contributed by atoms with Crippen molar-refractivity contribution in [1.82, 2.24) is 0 Å². The summed E-state index contributed by atoms with van der Waals surface area (Å²) in [5, 5.41) is 20.4. The molecule has 3 unspecified atom stereocenters. The van der Waals surface area contributed by atoms with Gasteiger partial charge in [0, 0.05) is 29.6 Å². The monoisotopic (exact) mass is 374 g/mol. The van der Waals surface area contributed by atoms with Gasteiger partial charge in [-0.05, 0) is 19.3 Å². The molecule has 132 valence electrons. The van der Waals surface area contributed by atoms with Crippen LogP contribution in [0.2, 0.25) is 0 Å². The van der Waals surface area contributed by atoms with Crippen LogP contribution in [0.5, 0.6) is 0 Å². The number of carbonyl (C=O) groups is 3. The largest absolute Gasteiger partial charge is 0.455 e. The van der Waals surface area contributed by atoms with Gasteiger partial charge in [-0.2, -0.15) is 0 Å². The van der Waals surface area contributed by atoms with Gasteiger partial charge in [0.15, 0.2) is 6.10 Å². The highest BCUT2D eigenvalue weighted by atomic mass is 35.5. The molecule has 1 saturated heterocycles. The molecule has 0 aromatic rings. The van der Waals surface area contributed by atoms with E-state index in [9.17, 15) is 24.6 Å². The van der Waals surface area contributed by atoms with Gasteiger partial charge in [0.05, 0.1) is 6.61 Å². The van der Waals surface area contributed by atoms with Crippen LogP contribution in [0.25, 0.3) is 0 Å². The van der Waals surface area contributed by atoms with Gasteiger partial charge in [0.25, 0.3) is 0 Å². The molecule has 0 aromatic carbocycles. The van der Waals surface area contributed by atoms with E-state index < -0.39 is 35.0 Å². The van der Waals surface area contributed by atoms with Gasteiger partial charge in [-0.15, -0.1) is 0 Å². The molecule has 1 aliphatic rings. The highest BCUT2D eigenvalue weighted by Gasteiger charge is 2.51. The summed E-state index contributed by atoms with van der Waals surface area (Å²) in [6.45, 7) is -0.697. The molecule has 0 aliphatic carbocycles. The summed E-state index contributed by atoms with van der Waals surface area (Å²) in [6.07, 6.45) is -2.23. The minimum absolute atomic E-state index is 0.115. The second-order valence-corrected chi connectivity index (χ2v) is 5.24. The minimum atomic E-state index is -2.70. The van der Waals surface area contributed by atoms with Gasteiger partial charge in [0.2, 0.25) is 6.29 Å². The number of carbonyl (C=O) groups excluding carboxylic acids is 3. The maximum Gasteiger partial charge on any atom is 0.406 e. The quantitative estimate of drug-likeness (QED) is 0.222. The number of ether oxygens (including phenoxy) is 4. The molecular weight excluding hydrogens is 359 g/mol. The normalized spacial score (nSPS) is 22.3. The summed E-state index contributed by atoms with van der Waals surface area (Å²) in [6, 6.07) is 0. The lowest BCUT2D eigenvalue weighted by atomic mass is 10.0. The van der Waals surface area contributed by atoms with Crippen molar-refractivity contribution in [3.8, 4) is 0 Å². The van der Waals surface area contributed by atoms with Crippen molar-refractivity contribution in [2.24, 2.45) is 0 Å². The number of aliphatic hydroxyl groups excluding tert-OH is 1. The van der Waals surface area contributed by atoms with Crippen LogP contribution in [0.1, 0.15) is 25.7 Å². The van der Waals surface area contributed by atoms with Crippen LogP contribution in [0.3, 0.4) is 0 Å². The molecule has 1 rings (SSSR count). The second-order valence-electron chi connectivity index (χ2n) is 4.63. The van der Waals surface area contributed by atoms with Gasteiger partial charge in [-0.1, -0.05) is 0 Å². The SMILES string of the molecule is O=C(Cl)OCCOC(O)C(O)(OC(=O)Cl)C1CCCCC(=O)O1. The standard InChI is InChI=1S/C12H16Cl2O9/c13-10(17)21-6-5-20-9(16)12(19,23-11(14)18)7-3-1-2-4-8(15)22-7/h7,9,16,19H,1-6H2. The number of cyclic esters (lactones) is 1. The van der Waals surface area contributed by atoms with Crippen LogP contribution >= 0.6 is 23.2 Å². The molecule has 0 saturated carbocycles. The molecule has 23 heavy (non-hydrogen) atoms. The van der Waals surface area contributed by atoms with Crippen LogP contribution < -0.4 is 0 Å². The Morgan fingerprint density at radius 3 is 2.61 bits per heavy atom. The summed E-state index contributed by atoms with van der Waals surface area (Å²) >= 11 is 10.0. The van der Waals surface area contributed by atoms with Crippen LogP contribution in [-0.2, 0) is 23.7 Å². The van der Waals surface area contributed by atoms with Gasteiger partial charge >= 0.3 is 22.6 Å². The number of hydrogen-bond donors (Lipinski definition) is 2. The highest BCUT2D eigenvalue weighted by Crippen LogP contribution is 2.29. The molecule has 0 radical (unpaired) electrons. The van der Waals surface area contributed by atoms with Crippen molar-refractivity contribution in [1.29, 1.82) is 0 Å². The van der Waals surface area contributed by atoms with Crippen LogP contribution in [0.15, 0.2) is 0 Å². The van der Waals surface area contributed by atoms with E-state index in [0.29, 0.717) is 12.8 Å². The lowest BCUT2D eigenvalue weighted by molar-refractivity contribution is -0.334. The molecule has 11 heteroatoms. The fraction of sp³-hybridized carbons (Fsp3) is 0.750. The Morgan fingerprint density at radius 1 is 1.30 bits per heavy atom. The zero-order valence-corrected chi connectivity index (χ0v) is 13.4. The zero-order chi connectivity index (χ0) is 17.5. The van der Waals surface area contributed by atoms with E-state index >= 15 is 0 Å². The molecule has 1 heterocycles. The van der Waals surface area contributed by atoms with E-state index in [4.69, 9.17) is 32.7 Å². The lowest BCUT2D eigenvalue weighted by Gasteiger charge is -2.36. The summed E-state index contributed by atoms with van der Waals surface area (Å²) in [4.78, 5) is 32.8. The third kappa shape index (κ3) is 6.48. The van der Waals surface area contributed by atoms with Crippen molar-refractivity contribution < 1.29 is 43.5 Å². The van der Waals surface area contributed by atoms with E-state index in [1.54, 1.807) is 0 Å². The topological polar surface area (TPSA) is 129 Å². The van der Waals surface area contributed by atoms with Gasteiger partial charge < -0.3 is 29.2 Å². The fourth-order valence-corrected chi connectivity index (χ4v) is 2.17. The Bertz CT molecular complexity index is 444. The second kappa shape index (κ2) is 9.24. The maximum atomic E-state index is 11.5. The van der Waals surface area contributed by atoms with Crippen molar-refractivity contribution in [3.63, 3.8) is 0 Å². The van der Waals surface area contributed by atoms with Gasteiger partial charge in [-0.3, -0.25) is 4.79 Å². The molecule has 0 bridgehead atoms. The third-order valence-electron chi connectivity index (χ3n) is 3.00. The van der Waals surface area contributed by atoms with E-state index in [1.807, 2.05) is 0 Å². The summed E-state index contributed by atoms with van der Waals surface area (Å²) in [5.41, 5.74) is -2.51. The maximum absolute atomic E-state index is 11.5. The molecule has 0 spiro atoms. The van der Waals surface area contributed by atoms with Crippen molar-refractivity contribution in [2.75, 3.05) is 13.2 Å². The van der Waals surface area contributed by atoms with E-state index in [1.165, 1.54) is 0 Å². The Morgan fingerprint density at radius 2 is 2.00 bits per heavy atom. The number of esters is 1. The first-order valence-corrected chi connectivity index (χ1v) is 7.43. The summed E-state index contributed by atoms with van der Waals surface area (Å²) in [5.74, 6) is -3.33. The highest BCUT2D eigenvalue weighted by molar-refractivity contribution is 6.61. The van der Waals surface area contributed by atoms with E-state index in [0.717, 1.165) is 0 Å². The Kier molecular flexibility index (Phi) is 8.00. The number of rotatable bonds is 7. The van der Waals surface area contributed by atoms with E-state index in [-0.39, 0.29) is 26.1 Å². The Hall–Kier alpha value is -1.13. The molecule has 1 fully saturated rings. The predicted octanol–water partition coefficient (Wildman–Crippen LogP) is 1.25. The number of halogens is 2. The molecule has 3 atom stereocenters. The Balaban J connectivity index is 2.76. The first-order chi connectivity index (χ1) is 10.8. The van der Waals surface area contributed by atoms with E-state index in [2.05, 4.69) is 9.47 Å². The van der Waals surface area contributed by atoms with Gasteiger partial charge in [0.1, 0.15) is 6.61 Å². The van der Waals surface area contributed by atoms with Gasteiger partial charge in [-0.25, -0.2) is 9.59 Å². The molecule has 0 amide bonds. The minimum Gasteiger partial charge on any atom is -0.455 e. The number of aliphatic hydroxyl groups is 2. The average molecular weight is 375 g/mol. The molecule has 1 aliphatic heterocycles. The van der Waals surface area contributed by atoms with Crippen molar-refractivity contribution in [2.45, 2.75) is 43.9 Å². The average Bonchev–Trinajstić information content (AvgIpc) is 2.67. The first kappa shape index (κ1) is 19.9. The van der Waals surface area contributed by atoms with Crippen LogP contribution in [-0.4, -0.2) is 58.4 Å². The molecular formula is C12H16Cl2O9. The van der Waals surface area contributed by atoms with Crippen molar-refractivity contribution >= 4 is 40.0 Å². The fourth-order valence-electron chi connectivity index (χ4n) is 1.97. The lowest BCUT2D eigenvalue weighted by Crippen LogP contribution is -2.57. The van der Waals surface area contributed by atoms with Crippen molar-refractivity contribution in [3.05, 3.63) is 0 Å². The van der Waals surface area contributed by atoms with Crippen LogP contribution in [0, 0.1) is 0 Å². The first-order valence-electron chi connectivity index (χ1n) is 6.68. The third-order valence-corrected chi connectivity index (χ3v) is 3.19. The Labute approximate surface area is 141 Å². The summed E-state index contributed by atoms with van der Waals surface area (Å²) < 4.78 is 18.7. The molecule has 2 N–H and O–H groups in total. The summed E-state index contributed by atoms with van der Waals surface area (Å²) in [7, 11) is 0. The predicted molar refractivity (Wildman–Crippen MR) is 74.8 cm³/mol. The molecule has 9 nitrogen and oxygen atoms in total.